The molecule has 0 aliphatic rings. The van der Waals surface area contributed by atoms with Gasteiger partial charge in [-0.1, -0.05) is 19.1 Å². The van der Waals surface area contributed by atoms with Crippen LogP contribution in [0.25, 0.3) is 0 Å². The third-order valence-corrected chi connectivity index (χ3v) is 3.42. The van der Waals surface area contributed by atoms with Gasteiger partial charge in [0.25, 0.3) is 0 Å². The fraction of sp³-hybridized carbons (Fsp3) is 0.467. The summed E-state index contributed by atoms with van der Waals surface area (Å²) in [6.07, 6.45) is 0.316. The number of hydrogen-bond donors (Lipinski definition) is 2. The van der Waals surface area contributed by atoms with Gasteiger partial charge in [-0.2, -0.15) is 0 Å². The fourth-order valence-electron chi connectivity index (χ4n) is 2.27. The highest BCUT2D eigenvalue weighted by Gasteiger charge is 2.24. The number of halogens is 1. The normalized spacial score (nSPS) is 12.1. The standard InChI is InChI=1S/C15H21FN6O/c1-3-17-7-8-18-15(23)14(22-11(2)19-20-21-22)10-12-5-4-6-13(16)9-12/h4-6,9,14,17H,3,7-8,10H2,1-2H3,(H,18,23). The number of aromatic nitrogens is 4. The van der Waals surface area contributed by atoms with Crippen molar-refractivity contribution in [3.63, 3.8) is 0 Å². The molecule has 124 valence electrons. The van der Waals surface area contributed by atoms with Gasteiger partial charge in [-0.3, -0.25) is 4.79 Å². The lowest BCUT2D eigenvalue weighted by molar-refractivity contribution is -0.124. The molecule has 0 aliphatic carbocycles. The van der Waals surface area contributed by atoms with E-state index in [2.05, 4.69) is 26.2 Å². The molecule has 1 heterocycles. The number of hydrogen-bond acceptors (Lipinski definition) is 5. The molecule has 2 rings (SSSR count). The Labute approximate surface area is 134 Å². The average molecular weight is 320 g/mol. The Hall–Kier alpha value is -2.35. The van der Waals surface area contributed by atoms with Gasteiger partial charge in [0.2, 0.25) is 5.91 Å². The summed E-state index contributed by atoms with van der Waals surface area (Å²) in [5, 5.41) is 17.3. The van der Waals surface area contributed by atoms with Gasteiger partial charge in [0.1, 0.15) is 17.7 Å². The van der Waals surface area contributed by atoms with Crippen LogP contribution < -0.4 is 10.6 Å². The zero-order valence-corrected chi connectivity index (χ0v) is 13.3. The summed E-state index contributed by atoms with van der Waals surface area (Å²) >= 11 is 0. The van der Waals surface area contributed by atoms with Gasteiger partial charge in [0, 0.05) is 19.5 Å². The van der Waals surface area contributed by atoms with Crippen molar-refractivity contribution < 1.29 is 9.18 Å². The Kier molecular flexibility index (Phi) is 6.16. The van der Waals surface area contributed by atoms with Gasteiger partial charge in [-0.15, -0.1) is 5.10 Å². The van der Waals surface area contributed by atoms with Gasteiger partial charge in [-0.05, 0) is 41.6 Å². The summed E-state index contributed by atoms with van der Waals surface area (Å²) in [6.45, 7) is 5.76. The molecule has 0 radical (unpaired) electrons. The number of tetrazole rings is 1. The number of nitrogens with one attached hydrogen (secondary N) is 2. The minimum atomic E-state index is -0.617. The van der Waals surface area contributed by atoms with Crippen LogP contribution in [-0.4, -0.2) is 45.7 Å². The molecular weight excluding hydrogens is 299 g/mol. The number of benzene rings is 1. The Morgan fingerprint density at radius 1 is 1.39 bits per heavy atom. The summed E-state index contributed by atoms with van der Waals surface area (Å²) in [7, 11) is 0. The van der Waals surface area contributed by atoms with E-state index in [0.717, 1.165) is 6.54 Å². The van der Waals surface area contributed by atoms with Crippen LogP contribution in [0.2, 0.25) is 0 Å². The molecule has 1 aromatic heterocycles. The number of carbonyl (C=O) groups excluding carboxylic acids is 1. The Morgan fingerprint density at radius 2 is 2.22 bits per heavy atom. The zero-order chi connectivity index (χ0) is 16.7. The van der Waals surface area contributed by atoms with E-state index in [-0.39, 0.29) is 11.7 Å². The molecule has 0 saturated heterocycles. The predicted octanol–water partition coefficient (Wildman–Crippen LogP) is 0.630. The Morgan fingerprint density at radius 3 is 2.87 bits per heavy atom. The van der Waals surface area contributed by atoms with Crippen LogP contribution in [0, 0.1) is 12.7 Å². The number of amides is 1. The number of carbonyl (C=O) groups is 1. The first-order valence-electron chi connectivity index (χ1n) is 7.59. The van der Waals surface area contributed by atoms with E-state index in [1.54, 1.807) is 19.1 Å². The summed E-state index contributed by atoms with van der Waals surface area (Å²) in [4.78, 5) is 12.5. The topological polar surface area (TPSA) is 84.7 Å². The molecule has 0 saturated carbocycles. The first-order valence-corrected chi connectivity index (χ1v) is 7.59. The quantitative estimate of drug-likeness (QED) is 0.697. The maximum atomic E-state index is 13.4. The van der Waals surface area contributed by atoms with E-state index in [1.165, 1.54) is 16.8 Å². The molecule has 8 heteroatoms. The van der Waals surface area contributed by atoms with E-state index in [1.807, 2.05) is 6.92 Å². The van der Waals surface area contributed by atoms with Crippen LogP contribution in [0.1, 0.15) is 24.4 Å². The SMILES string of the molecule is CCNCCNC(=O)C(Cc1cccc(F)c1)n1nnnc1C. The van der Waals surface area contributed by atoms with Gasteiger partial charge >= 0.3 is 0 Å². The van der Waals surface area contributed by atoms with Crippen molar-refractivity contribution in [2.75, 3.05) is 19.6 Å². The largest absolute Gasteiger partial charge is 0.353 e. The maximum absolute atomic E-state index is 13.4. The van der Waals surface area contributed by atoms with E-state index >= 15 is 0 Å². The number of nitrogens with zero attached hydrogens (tertiary/aromatic N) is 4. The van der Waals surface area contributed by atoms with Crippen LogP contribution in [0.3, 0.4) is 0 Å². The van der Waals surface area contributed by atoms with Crippen molar-refractivity contribution >= 4 is 5.91 Å². The third kappa shape index (κ3) is 4.82. The molecule has 0 aliphatic heterocycles. The summed E-state index contributed by atoms with van der Waals surface area (Å²) in [6, 6.07) is 5.57. The van der Waals surface area contributed by atoms with Crippen molar-refractivity contribution in [1.82, 2.24) is 30.8 Å². The van der Waals surface area contributed by atoms with E-state index < -0.39 is 6.04 Å². The molecule has 0 fully saturated rings. The van der Waals surface area contributed by atoms with E-state index in [4.69, 9.17) is 0 Å². The fourth-order valence-corrected chi connectivity index (χ4v) is 2.27. The molecule has 0 bridgehead atoms. The van der Waals surface area contributed by atoms with Crippen molar-refractivity contribution in [3.05, 3.63) is 41.5 Å². The van der Waals surface area contributed by atoms with Crippen LogP contribution in [0.15, 0.2) is 24.3 Å². The second-order valence-corrected chi connectivity index (χ2v) is 5.17. The average Bonchev–Trinajstić information content (AvgIpc) is 2.95. The molecule has 0 spiro atoms. The number of likely N-dealkylation sites (N-methyl/N-ethyl adjacent to an activating group) is 1. The lowest BCUT2D eigenvalue weighted by atomic mass is 10.1. The van der Waals surface area contributed by atoms with Crippen molar-refractivity contribution in [1.29, 1.82) is 0 Å². The molecule has 1 aromatic carbocycles. The lowest BCUT2D eigenvalue weighted by Gasteiger charge is -2.17. The minimum Gasteiger partial charge on any atom is -0.353 e. The maximum Gasteiger partial charge on any atom is 0.245 e. The number of aryl methyl sites for hydroxylation is 1. The van der Waals surface area contributed by atoms with E-state index in [9.17, 15) is 9.18 Å². The molecule has 1 amide bonds. The Bertz CT molecular complexity index is 644. The monoisotopic (exact) mass is 320 g/mol. The molecule has 23 heavy (non-hydrogen) atoms. The lowest BCUT2D eigenvalue weighted by Crippen LogP contribution is -2.38. The number of rotatable bonds is 8. The van der Waals surface area contributed by atoms with Gasteiger partial charge in [0.05, 0.1) is 0 Å². The second-order valence-electron chi connectivity index (χ2n) is 5.17. The molecule has 2 aromatic rings. The highest BCUT2D eigenvalue weighted by Crippen LogP contribution is 2.15. The third-order valence-electron chi connectivity index (χ3n) is 3.42. The minimum absolute atomic E-state index is 0.192. The first kappa shape index (κ1) is 17.0. The van der Waals surface area contributed by atoms with Crippen LogP contribution in [-0.2, 0) is 11.2 Å². The smallest absolute Gasteiger partial charge is 0.245 e. The Balaban J connectivity index is 2.12. The van der Waals surface area contributed by atoms with Crippen molar-refractivity contribution in [3.8, 4) is 0 Å². The van der Waals surface area contributed by atoms with Gasteiger partial charge in [0.15, 0.2) is 0 Å². The highest BCUT2D eigenvalue weighted by atomic mass is 19.1. The molecular formula is C15H21FN6O. The van der Waals surface area contributed by atoms with Crippen LogP contribution in [0.4, 0.5) is 4.39 Å². The van der Waals surface area contributed by atoms with Crippen molar-refractivity contribution in [2.45, 2.75) is 26.3 Å². The van der Waals surface area contributed by atoms with Crippen LogP contribution in [0.5, 0.6) is 0 Å². The van der Waals surface area contributed by atoms with E-state index in [0.29, 0.717) is 30.9 Å². The zero-order valence-electron chi connectivity index (χ0n) is 13.3. The molecule has 7 nitrogen and oxygen atoms in total. The first-order chi connectivity index (χ1) is 11.1. The highest BCUT2D eigenvalue weighted by molar-refractivity contribution is 5.80. The molecule has 2 N–H and O–H groups in total. The predicted molar refractivity (Wildman–Crippen MR) is 83.2 cm³/mol. The van der Waals surface area contributed by atoms with Crippen LogP contribution >= 0.6 is 0 Å². The second kappa shape index (κ2) is 8.33. The molecule has 1 atom stereocenters. The van der Waals surface area contributed by atoms with Crippen molar-refractivity contribution in [2.24, 2.45) is 0 Å². The summed E-state index contributed by atoms with van der Waals surface area (Å²) in [5.41, 5.74) is 0.715. The van der Waals surface area contributed by atoms with Gasteiger partial charge < -0.3 is 10.6 Å². The summed E-state index contributed by atoms with van der Waals surface area (Å²) in [5.74, 6) is 0.0121. The van der Waals surface area contributed by atoms with Gasteiger partial charge in [-0.25, -0.2) is 9.07 Å². The molecule has 1 unspecified atom stereocenters. The summed E-state index contributed by atoms with van der Waals surface area (Å²) < 4.78 is 14.8.